The molecule has 0 saturated heterocycles. The first-order chi connectivity index (χ1) is 7.29. The molecule has 1 heterocycles. The van der Waals surface area contributed by atoms with Gasteiger partial charge >= 0.3 is 0 Å². The molecule has 0 atom stereocenters. The first-order valence-corrected chi connectivity index (χ1v) is 4.33. The lowest BCUT2D eigenvalue weighted by molar-refractivity contribution is 0.146. The van der Waals surface area contributed by atoms with E-state index in [-0.39, 0.29) is 5.84 Å². The summed E-state index contributed by atoms with van der Waals surface area (Å²) in [6.45, 7) is 0.846. The third-order valence-electron chi connectivity index (χ3n) is 1.71. The molecule has 0 aliphatic carbocycles. The molecular weight excluding hydrogens is 198 g/mol. The van der Waals surface area contributed by atoms with Crippen molar-refractivity contribution in [2.45, 2.75) is 0 Å². The summed E-state index contributed by atoms with van der Waals surface area (Å²) in [5.74, 6) is 0.453. The van der Waals surface area contributed by atoms with Gasteiger partial charge in [-0.2, -0.15) is 0 Å². The number of hydrogen-bond donors (Lipinski definition) is 2. The summed E-state index contributed by atoms with van der Waals surface area (Å²) in [6.07, 6.45) is 3.04. The molecule has 82 valence electrons. The maximum atomic E-state index is 8.55. The van der Waals surface area contributed by atoms with Crippen LogP contribution in [0.25, 0.3) is 0 Å². The van der Waals surface area contributed by atoms with Crippen LogP contribution in [0.1, 0.15) is 5.56 Å². The van der Waals surface area contributed by atoms with Crippen molar-refractivity contribution >= 4 is 5.84 Å². The zero-order chi connectivity index (χ0) is 11.1. The Balaban J connectivity index is 2.77. The van der Waals surface area contributed by atoms with Crippen LogP contribution >= 0.6 is 0 Å². The van der Waals surface area contributed by atoms with Gasteiger partial charge in [-0.25, -0.2) is 0 Å². The van der Waals surface area contributed by atoms with Gasteiger partial charge in [-0.3, -0.25) is 4.98 Å². The van der Waals surface area contributed by atoms with E-state index in [2.05, 4.69) is 10.1 Å². The molecule has 0 unspecified atom stereocenters. The van der Waals surface area contributed by atoms with Gasteiger partial charge in [0.1, 0.15) is 12.4 Å². The molecule has 0 saturated carbocycles. The normalized spacial score (nSPS) is 11.4. The van der Waals surface area contributed by atoms with E-state index in [4.69, 9.17) is 20.4 Å². The van der Waals surface area contributed by atoms with Crippen LogP contribution in [0.5, 0.6) is 5.75 Å². The lowest BCUT2D eigenvalue weighted by Gasteiger charge is -2.08. The Bertz CT molecular complexity index is 341. The molecule has 15 heavy (non-hydrogen) atoms. The zero-order valence-corrected chi connectivity index (χ0v) is 8.38. The number of hydrogen-bond acceptors (Lipinski definition) is 5. The maximum absolute atomic E-state index is 8.55. The Morgan fingerprint density at radius 1 is 1.60 bits per heavy atom. The highest BCUT2D eigenvalue weighted by Gasteiger charge is 2.07. The highest BCUT2D eigenvalue weighted by Crippen LogP contribution is 2.15. The fraction of sp³-hybridized carbons (Fsp3) is 0.333. The van der Waals surface area contributed by atoms with Crippen molar-refractivity contribution in [3.05, 3.63) is 24.0 Å². The molecule has 1 aromatic rings. The van der Waals surface area contributed by atoms with Crippen molar-refractivity contribution in [2.75, 3.05) is 20.3 Å². The van der Waals surface area contributed by atoms with Crippen molar-refractivity contribution < 1.29 is 14.7 Å². The van der Waals surface area contributed by atoms with Crippen LogP contribution in [0, 0.1) is 0 Å². The lowest BCUT2D eigenvalue weighted by Crippen LogP contribution is -2.16. The fourth-order valence-electron chi connectivity index (χ4n) is 0.995. The van der Waals surface area contributed by atoms with E-state index in [0.717, 1.165) is 0 Å². The second-order valence-corrected chi connectivity index (χ2v) is 2.70. The molecular formula is C9H13N3O3. The third kappa shape index (κ3) is 3.10. The molecule has 3 N–H and O–H groups in total. The lowest BCUT2D eigenvalue weighted by atomic mass is 10.2. The molecule has 1 aromatic heterocycles. The number of nitrogens with two attached hydrogens (primary N) is 1. The summed E-state index contributed by atoms with van der Waals surface area (Å²) in [6, 6.07) is 1.61. The molecule has 1 rings (SSSR count). The highest BCUT2D eigenvalue weighted by atomic mass is 16.5. The maximum Gasteiger partial charge on any atom is 0.173 e. The van der Waals surface area contributed by atoms with Crippen LogP contribution in [0.2, 0.25) is 0 Å². The topological polar surface area (TPSA) is 90.0 Å². The van der Waals surface area contributed by atoms with E-state index in [1.165, 1.54) is 12.4 Å². The summed E-state index contributed by atoms with van der Waals surface area (Å²) < 4.78 is 10.2. The Morgan fingerprint density at radius 3 is 3.07 bits per heavy atom. The monoisotopic (exact) mass is 211 g/mol. The van der Waals surface area contributed by atoms with E-state index in [1.54, 1.807) is 13.2 Å². The van der Waals surface area contributed by atoms with Crippen LogP contribution in [0.15, 0.2) is 23.6 Å². The van der Waals surface area contributed by atoms with E-state index < -0.39 is 0 Å². The predicted molar refractivity (Wildman–Crippen MR) is 54.1 cm³/mol. The average molecular weight is 211 g/mol. The second kappa shape index (κ2) is 5.82. The third-order valence-corrected chi connectivity index (χ3v) is 1.71. The summed E-state index contributed by atoms with van der Waals surface area (Å²) in [4.78, 5) is 3.88. The van der Waals surface area contributed by atoms with Crippen molar-refractivity contribution in [1.82, 2.24) is 4.98 Å². The smallest absolute Gasteiger partial charge is 0.173 e. The van der Waals surface area contributed by atoms with Crippen molar-refractivity contribution in [3.63, 3.8) is 0 Å². The largest absolute Gasteiger partial charge is 0.489 e. The number of aromatic nitrogens is 1. The minimum Gasteiger partial charge on any atom is -0.489 e. The van der Waals surface area contributed by atoms with Crippen LogP contribution in [0.3, 0.4) is 0 Å². The SMILES string of the molecule is COCCOc1cnccc1/C(N)=N/O. The molecule has 0 aliphatic heterocycles. The Morgan fingerprint density at radius 2 is 2.40 bits per heavy atom. The van der Waals surface area contributed by atoms with Gasteiger partial charge in [0.05, 0.1) is 18.4 Å². The van der Waals surface area contributed by atoms with E-state index in [1.807, 2.05) is 0 Å². The van der Waals surface area contributed by atoms with Gasteiger partial charge in [0, 0.05) is 13.3 Å². The quantitative estimate of drug-likeness (QED) is 0.239. The molecule has 0 aromatic carbocycles. The van der Waals surface area contributed by atoms with E-state index >= 15 is 0 Å². The number of oxime groups is 1. The van der Waals surface area contributed by atoms with Crippen LogP contribution in [-0.4, -0.2) is 36.4 Å². The van der Waals surface area contributed by atoms with Crippen molar-refractivity contribution in [2.24, 2.45) is 10.9 Å². The summed E-state index contributed by atoms with van der Waals surface area (Å²) in [5.41, 5.74) is 5.96. The van der Waals surface area contributed by atoms with Gasteiger partial charge in [-0.1, -0.05) is 5.16 Å². The molecule has 6 nitrogen and oxygen atoms in total. The van der Waals surface area contributed by atoms with E-state index in [9.17, 15) is 0 Å². The molecule has 0 fully saturated rings. The number of rotatable bonds is 5. The summed E-state index contributed by atoms with van der Waals surface area (Å²) in [7, 11) is 1.58. The molecule has 0 spiro atoms. The average Bonchev–Trinajstić information content (AvgIpc) is 2.29. The van der Waals surface area contributed by atoms with Crippen molar-refractivity contribution in [3.8, 4) is 5.75 Å². The second-order valence-electron chi connectivity index (χ2n) is 2.70. The Kier molecular flexibility index (Phi) is 4.36. The first kappa shape index (κ1) is 11.3. The summed E-state index contributed by atoms with van der Waals surface area (Å²) >= 11 is 0. The van der Waals surface area contributed by atoms with Gasteiger partial charge in [0.25, 0.3) is 0 Å². The summed E-state index contributed by atoms with van der Waals surface area (Å²) in [5, 5.41) is 11.4. The van der Waals surface area contributed by atoms with Gasteiger partial charge in [-0.05, 0) is 6.07 Å². The molecule has 0 aliphatic rings. The van der Waals surface area contributed by atoms with E-state index in [0.29, 0.717) is 24.5 Å². The molecule has 0 radical (unpaired) electrons. The predicted octanol–water partition coefficient (Wildman–Crippen LogP) is 0.201. The minimum absolute atomic E-state index is 0.00943. The fourth-order valence-corrected chi connectivity index (χ4v) is 0.995. The molecule has 0 bridgehead atoms. The number of pyridine rings is 1. The first-order valence-electron chi connectivity index (χ1n) is 4.33. The Labute approximate surface area is 87.3 Å². The highest BCUT2D eigenvalue weighted by molar-refractivity contribution is 5.99. The van der Waals surface area contributed by atoms with Gasteiger partial charge < -0.3 is 20.4 Å². The van der Waals surface area contributed by atoms with Gasteiger partial charge in [0.2, 0.25) is 0 Å². The van der Waals surface area contributed by atoms with Gasteiger partial charge in [0.15, 0.2) is 5.84 Å². The van der Waals surface area contributed by atoms with Crippen LogP contribution < -0.4 is 10.5 Å². The molecule has 6 heteroatoms. The number of methoxy groups -OCH3 is 1. The standard InChI is InChI=1S/C9H13N3O3/c1-14-4-5-15-8-6-11-3-2-7(8)9(10)12-13/h2-3,6,13H,4-5H2,1H3,(H2,10,12). The van der Waals surface area contributed by atoms with Gasteiger partial charge in [-0.15, -0.1) is 0 Å². The number of nitrogens with zero attached hydrogens (tertiary/aromatic N) is 2. The van der Waals surface area contributed by atoms with Crippen LogP contribution in [-0.2, 0) is 4.74 Å². The van der Waals surface area contributed by atoms with Crippen LogP contribution in [0.4, 0.5) is 0 Å². The zero-order valence-electron chi connectivity index (χ0n) is 8.38. The minimum atomic E-state index is -0.00943. The number of amidine groups is 1. The Hall–Kier alpha value is -1.82. The number of ether oxygens (including phenoxy) is 2. The van der Waals surface area contributed by atoms with Crippen molar-refractivity contribution in [1.29, 1.82) is 0 Å². The molecule has 0 amide bonds.